The number of nitrogens with two attached hydrogens (primary N) is 3. The predicted octanol–water partition coefficient (Wildman–Crippen LogP) is 1.67. The van der Waals surface area contributed by atoms with Crippen molar-refractivity contribution in [1.29, 1.82) is 0 Å². The molecule has 1 aromatic carbocycles. The van der Waals surface area contributed by atoms with Crippen molar-refractivity contribution in [2.75, 3.05) is 23.3 Å². The van der Waals surface area contributed by atoms with Crippen LogP contribution in [0.15, 0.2) is 18.2 Å². The second-order valence-corrected chi connectivity index (χ2v) is 6.61. The van der Waals surface area contributed by atoms with Crippen LogP contribution in [0.1, 0.15) is 30.8 Å². The van der Waals surface area contributed by atoms with Gasteiger partial charge in [-0.05, 0) is 38.0 Å². The van der Waals surface area contributed by atoms with Gasteiger partial charge in [-0.15, -0.1) is 0 Å². The molecule has 3 rings (SSSR count). The maximum atomic E-state index is 6.17. The van der Waals surface area contributed by atoms with Gasteiger partial charge in [0.05, 0.1) is 0 Å². The van der Waals surface area contributed by atoms with Gasteiger partial charge in [0, 0.05) is 31.2 Å². The van der Waals surface area contributed by atoms with Crippen LogP contribution < -0.4 is 22.5 Å². The van der Waals surface area contributed by atoms with Crippen molar-refractivity contribution < 1.29 is 0 Å². The van der Waals surface area contributed by atoms with Crippen molar-refractivity contribution in [2.24, 2.45) is 5.73 Å². The van der Waals surface area contributed by atoms with E-state index in [1.807, 2.05) is 30.5 Å². The number of nitrogens with one attached hydrogen (secondary N) is 1. The minimum absolute atomic E-state index is 0.00770. The van der Waals surface area contributed by atoms with Gasteiger partial charge < -0.3 is 27.1 Å². The maximum absolute atomic E-state index is 6.17. The van der Waals surface area contributed by atoms with Crippen LogP contribution in [0, 0.1) is 6.92 Å². The van der Waals surface area contributed by atoms with Crippen molar-refractivity contribution in [3.8, 4) is 0 Å². The van der Waals surface area contributed by atoms with Gasteiger partial charge in [0.1, 0.15) is 5.82 Å². The van der Waals surface area contributed by atoms with E-state index in [9.17, 15) is 0 Å². The molecule has 8 heteroatoms. The van der Waals surface area contributed by atoms with Crippen LogP contribution in [0.2, 0.25) is 0 Å². The highest BCUT2D eigenvalue weighted by molar-refractivity contribution is 5.83. The molecule has 0 aliphatic rings. The first-order valence-electron chi connectivity index (χ1n) is 8.76. The summed E-state index contributed by atoms with van der Waals surface area (Å²) in [5.41, 5.74) is 22.3. The normalized spacial score (nSPS) is 12.5. The summed E-state index contributed by atoms with van der Waals surface area (Å²) in [5, 5.41) is 3.11. The molecular weight excluding hydrogens is 328 g/mol. The van der Waals surface area contributed by atoms with Crippen LogP contribution in [-0.4, -0.2) is 32.1 Å². The van der Waals surface area contributed by atoms with Crippen molar-refractivity contribution in [3.05, 3.63) is 35.2 Å². The summed E-state index contributed by atoms with van der Waals surface area (Å²) in [4.78, 5) is 13.6. The lowest BCUT2D eigenvalue weighted by Gasteiger charge is -2.10. The van der Waals surface area contributed by atoms with E-state index in [0.29, 0.717) is 35.9 Å². The number of aromatic nitrogens is 4. The third-order valence-electron chi connectivity index (χ3n) is 4.25. The van der Waals surface area contributed by atoms with Gasteiger partial charge in [-0.1, -0.05) is 12.1 Å². The maximum Gasteiger partial charge on any atom is 0.226 e. The van der Waals surface area contributed by atoms with E-state index in [0.717, 1.165) is 29.2 Å². The molecular formula is C18H26N8. The first-order valence-corrected chi connectivity index (χ1v) is 8.76. The molecule has 138 valence electrons. The number of hydrogen-bond donors (Lipinski definition) is 4. The Morgan fingerprint density at radius 2 is 1.96 bits per heavy atom. The van der Waals surface area contributed by atoms with Crippen LogP contribution in [-0.2, 0) is 13.0 Å². The second-order valence-electron chi connectivity index (χ2n) is 6.61. The lowest BCUT2D eigenvalue weighted by Crippen LogP contribution is -2.26. The van der Waals surface area contributed by atoms with Crippen molar-refractivity contribution in [1.82, 2.24) is 19.5 Å². The van der Waals surface area contributed by atoms with Gasteiger partial charge in [-0.25, -0.2) is 4.98 Å². The monoisotopic (exact) mass is 354 g/mol. The molecule has 0 fully saturated rings. The van der Waals surface area contributed by atoms with Gasteiger partial charge in [-0.2, -0.15) is 9.97 Å². The fourth-order valence-corrected chi connectivity index (χ4v) is 2.91. The molecule has 1 unspecified atom stereocenters. The van der Waals surface area contributed by atoms with Gasteiger partial charge >= 0.3 is 0 Å². The predicted molar refractivity (Wildman–Crippen MR) is 106 cm³/mol. The van der Waals surface area contributed by atoms with E-state index >= 15 is 0 Å². The molecule has 7 N–H and O–H groups in total. The Morgan fingerprint density at radius 3 is 2.62 bits per heavy atom. The summed E-state index contributed by atoms with van der Waals surface area (Å²) in [6.45, 7) is 7.28. The number of hydrogen-bond acceptors (Lipinski definition) is 7. The summed E-state index contributed by atoms with van der Waals surface area (Å²) < 4.78 is 2.05. The molecule has 0 amide bonds. The van der Waals surface area contributed by atoms with E-state index in [-0.39, 0.29) is 6.04 Å². The summed E-state index contributed by atoms with van der Waals surface area (Å²) >= 11 is 0. The zero-order valence-electron chi connectivity index (χ0n) is 15.5. The third-order valence-corrected chi connectivity index (χ3v) is 4.25. The molecule has 0 saturated carbocycles. The lowest BCUT2D eigenvalue weighted by atomic mass is 10.1. The minimum Gasteiger partial charge on any atom is -0.398 e. The Balaban J connectivity index is 2.02. The topological polar surface area (TPSA) is 134 Å². The summed E-state index contributed by atoms with van der Waals surface area (Å²) in [6, 6.07) is 6.05. The van der Waals surface area contributed by atoms with E-state index in [1.54, 1.807) is 0 Å². The number of imidazole rings is 1. The molecule has 8 nitrogen and oxygen atoms in total. The molecule has 0 radical (unpaired) electrons. The standard InChI is InChI=1S/C18H26N8/c1-4-26-14(8-12-6-5-10(2)7-13(12)20)23-15-16(21)24-18(25-17(15)26)22-9-11(3)19/h5-7,11H,4,8-9,19-20H2,1-3H3,(H3,21,22,24,25). The van der Waals surface area contributed by atoms with E-state index in [1.165, 1.54) is 0 Å². The fourth-order valence-electron chi connectivity index (χ4n) is 2.91. The molecule has 2 heterocycles. The average molecular weight is 354 g/mol. The van der Waals surface area contributed by atoms with Crippen molar-refractivity contribution >= 4 is 28.6 Å². The van der Waals surface area contributed by atoms with Crippen LogP contribution in [0.4, 0.5) is 17.5 Å². The molecule has 0 spiro atoms. The highest BCUT2D eigenvalue weighted by Gasteiger charge is 2.17. The summed E-state index contributed by atoms with van der Waals surface area (Å²) in [5.74, 6) is 1.68. The number of rotatable bonds is 6. The molecule has 1 atom stereocenters. The highest BCUT2D eigenvalue weighted by atomic mass is 15.2. The zero-order chi connectivity index (χ0) is 18.8. The van der Waals surface area contributed by atoms with Gasteiger partial charge in [0.25, 0.3) is 0 Å². The number of anilines is 3. The smallest absolute Gasteiger partial charge is 0.226 e. The number of fused-ring (bicyclic) bond motifs is 1. The zero-order valence-corrected chi connectivity index (χ0v) is 15.5. The molecule has 26 heavy (non-hydrogen) atoms. The van der Waals surface area contributed by atoms with E-state index in [2.05, 4.69) is 33.3 Å². The molecule has 0 saturated heterocycles. The molecule has 0 aliphatic carbocycles. The molecule has 3 aromatic rings. The Hall–Kier alpha value is -2.87. The summed E-state index contributed by atoms with van der Waals surface area (Å²) in [7, 11) is 0. The van der Waals surface area contributed by atoms with Crippen LogP contribution in [0.25, 0.3) is 11.2 Å². The van der Waals surface area contributed by atoms with Crippen LogP contribution in [0.5, 0.6) is 0 Å². The Labute approximate surface area is 152 Å². The van der Waals surface area contributed by atoms with Crippen LogP contribution >= 0.6 is 0 Å². The lowest BCUT2D eigenvalue weighted by molar-refractivity contribution is 0.726. The average Bonchev–Trinajstić information content (AvgIpc) is 2.93. The van der Waals surface area contributed by atoms with Crippen LogP contribution in [0.3, 0.4) is 0 Å². The number of benzene rings is 1. The minimum atomic E-state index is -0.00770. The quantitative estimate of drug-likeness (QED) is 0.495. The third kappa shape index (κ3) is 3.55. The van der Waals surface area contributed by atoms with Gasteiger partial charge in [-0.3, -0.25) is 0 Å². The number of aryl methyl sites for hydroxylation is 2. The van der Waals surface area contributed by atoms with Gasteiger partial charge in [0.2, 0.25) is 5.95 Å². The Kier molecular flexibility index (Phi) is 4.94. The van der Waals surface area contributed by atoms with Gasteiger partial charge in [0.15, 0.2) is 17.0 Å². The second kappa shape index (κ2) is 7.17. The summed E-state index contributed by atoms with van der Waals surface area (Å²) in [6.07, 6.45) is 0.609. The molecule has 2 aromatic heterocycles. The first kappa shape index (κ1) is 17.9. The largest absolute Gasteiger partial charge is 0.398 e. The molecule has 0 bridgehead atoms. The first-order chi connectivity index (χ1) is 12.4. The van der Waals surface area contributed by atoms with Crippen molar-refractivity contribution in [3.63, 3.8) is 0 Å². The Bertz CT molecular complexity index is 929. The van der Waals surface area contributed by atoms with Crippen molar-refractivity contribution in [2.45, 2.75) is 39.8 Å². The fraction of sp³-hybridized carbons (Fsp3) is 0.389. The molecule has 0 aliphatic heterocycles. The number of nitrogens with zero attached hydrogens (tertiary/aromatic N) is 4. The van der Waals surface area contributed by atoms with E-state index in [4.69, 9.17) is 17.2 Å². The van der Waals surface area contributed by atoms with E-state index < -0.39 is 0 Å². The Morgan fingerprint density at radius 1 is 1.19 bits per heavy atom. The highest BCUT2D eigenvalue weighted by Crippen LogP contribution is 2.24. The SMILES string of the molecule is CCn1c(Cc2ccc(C)cc2N)nc2c(N)nc(NCC(C)N)nc21. The number of nitrogen functional groups attached to an aromatic ring is 2.